The minimum Gasteiger partial charge on any atom is -0.404 e. The van der Waals surface area contributed by atoms with E-state index in [2.05, 4.69) is 9.72 Å². The topological polar surface area (TPSA) is 82.3 Å². The van der Waals surface area contributed by atoms with Crippen molar-refractivity contribution in [2.24, 2.45) is 5.73 Å². The van der Waals surface area contributed by atoms with Crippen molar-refractivity contribution in [1.82, 2.24) is 4.98 Å². The maximum atomic E-state index is 12.7. The van der Waals surface area contributed by atoms with Crippen molar-refractivity contribution in [3.05, 3.63) is 17.5 Å². The van der Waals surface area contributed by atoms with Crippen LogP contribution in [0, 0.1) is 0 Å². The van der Waals surface area contributed by atoms with Crippen LogP contribution in [0.3, 0.4) is 0 Å². The van der Waals surface area contributed by atoms with Crippen molar-refractivity contribution in [1.29, 1.82) is 0 Å². The molecule has 0 bridgehead atoms. The number of pyridine rings is 1. The average molecular weight is 341 g/mol. The molecule has 0 aliphatic heterocycles. The van der Waals surface area contributed by atoms with Gasteiger partial charge < -0.3 is 10.5 Å². The minimum absolute atomic E-state index is 0.215. The first kappa shape index (κ1) is 16.9. The third kappa shape index (κ3) is 4.15. The monoisotopic (exact) mass is 340 g/mol. The Morgan fingerprint density at radius 1 is 1.40 bits per heavy atom. The highest BCUT2D eigenvalue weighted by atomic mass is 35.7. The largest absolute Gasteiger partial charge is 0.573 e. The fourth-order valence-corrected chi connectivity index (χ4v) is 2.25. The molecule has 0 aromatic carbocycles. The molecule has 0 radical (unpaired) electrons. The van der Waals surface area contributed by atoms with Crippen LogP contribution < -0.4 is 10.5 Å². The van der Waals surface area contributed by atoms with E-state index in [1.165, 1.54) is 0 Å². The van der Waals surface area contributed by atoms with Gasteiger partial charge in [0.1, 0.15) is 10.6 Å². The number of rotatable bonds is 4. The molecule has 0 aliphatic rings. The Balaban J connectivity index is 3.55. The van der Waals surface area contributed by atoms with Crippen LogP contribution in [-0.4, -0.2) is 19.8 Å². The van der Waals surface area contributed by atoms with Crippen molar-refractivity contribution in [3.8, 4) is 5.75 Å². The second-order valence-corrected chi connectivity index (χ2v) is 5.84. The first-order chi connectivity index (χ1) is 8.95. The van der Waals surface area contributed by atoms with E-state index in [0.29, 0.717) is 0 Å². The molecule has 1 heterocycles. The van der Waals surface area contributed by atoms with E-state index in [1.54, 1.807) is 0 Å². The highest BCUT2D eigenvalue weighted by Crippen LogP contribution is 2.34. The summed E-state index contributed by atoms with van der Waals surface area (Å²) in [4.78, 5) is 1.81. The number of alkyl halides is 5. The Morgan fingerprint density at radius 3 is 2.30 bits per heavy atom. The van der Waals surface area contributed by atoms with Crippen molar-refractivity contribution < 1.29 is 35.1 Å². The molecular formula is C8H6ClF5N2O3S. The van der Waals surface area contributed by atoms with Crippen LogP contribution in [0.1, 0.15) is 17.8 Å². The maximum absolute atomic E-state index is 12.7. The summed E-state index contributed by atoms with van der Waals surface area (Å²) in [6, 6.07) is 0.215. The van der Waals surface area contributed by atoms with Crippen LogP contribution in [0.4, 0.5) is 22.0 Å². The molecule has 0 unspecified atom stereocenters. The number of halogens is 6. The molecule has 114 valence electrons. The van der Waals surface area contributed by atoms with Gasteiger partial charge in [-0.15, -0.1) is 13.2 Å². The molecular weight excluding hydrogens is 335 g/mol. The molecule has 0 saturated carbocycles. The maximum Gasteiger partial charge on any atom is 0.573 e. The molecule has 1 aromatic rings. The van der Waals surface area contributed by atoms with Gasteiger partial charge in [-0.05, 0) is 0 Å². The van der Waals surface area contributed by atoms with E-state index in [1.807, 2.05) is 0 Å². The predicted molar refractivity (Wildman–Crippen MR) is 56.8 cm³/mol. The Morgan fingerprint density at radius 2 is 1.95 bits per heavy atom. The van der Waals surface area contributed by atoms with E-state index >= 15 is 0 Å². The smallest absolute Gasteiger partial charge is 0.404 e. The summed E-state index contributed by atoms with van der Waals surface area (Å²) in [6.07, 6.45) is -8.55. The van der Waals surface area contributed by atoms with Gasteiger partial charge in [-0.3, -0.25) is 0 Å². The summed E-state index contributed by atoms with van der Waals surface area (Å²) in [7, 11) is 0.137. The summed E-state index contributed by atoms with van der Waals surface area (Å²) in [5.41, 5.74) is 3.09. The molecule has 0 atom stereocenters. The van der Waals surface area contributed by atoms with Gasteiger partial charge in [-0.1, -0.05) is 0 Å². The van der Waals surface area contributed by atoms with Gasteiger partial charge in [0.05, 0.1) is 5.69 Å². The lowest BCUT2D eigenvalue weighted by atomic mass is 10.2. The first-order valence-electron chi connectivity index (χ1n) is 4.68. The lowest BCUT2D eigenvalue weighted by molar-refractivity contribution is -0.275. The molecule has 0 aliphatic carbocycles. The first-order valence-corrected chi connectivity index (χ1v) is 6.99. The van der Waals surface area contributed by atoms with Gasteiger partial charge in [0.25, 0.3) is 15.5 Å². The Kier molecular flexibility index (Phi) is 4.77. The zero-order chi connectivity index (χ0) is 15.7. The van der Waals surface area contributed by atoms with Crippen LogP contribution in [0.5, 0.6) is 5.75 Å². The third-order valence-electron chi connectivity index (χ3n) is 1.94. The van der Waals surface area contributed by atoms with Crippen LogP contribution in [-0.2, 0) is 15.6 Å². The summed E-state index contributed by atoms with van der Waals surface area (Å²) >= 11 is 0. The molecule has 0 amide bonds. The summed E-state index contributed by atoms with van der Waals surface area (Å²) in [6.45, 7) is -0.673. The summed E-state index contributed by atoms with van der Waals surface area (Å²) < 4.78 is 87.4. The highest BCUT2D eigenvalue weighted by Gasteiger charge is 2.34. The molecule has 20 heavy (non-hydrogen) atoms. The SMILES string of the molecule is NCc1nc(C(F)F)c(S(=O)(=O)Cl)cc1OC(F)(F)F. The number of hydrogen-bond donors (Lipinski definition) is 1. The van der Waals surface area contributed by atoms with Crippen molar-refractivity contribution >= 4 is 19.7 Å². The number of aromatic nitrogens is 1. The third-order valence-corrected chi connectivity index (χ3v) is 3.29. The molecule has 1 rings (SSSR count). The molecule has 5 nitrogen and oxygen atoms in total. The zero-order valence-corrected chi connectivity index (χ0v) is 10.9. The lowest BCUT2D eigenvalue weighted by Gasteiger charge is -2.14. The van der Waals surface area contributed by atoms with E-state index < -0.39 is 50.4 Å². The predicted octanol–water partition coefficient (Wildman–Crippen LogP) is 2.30. The Bertz CT molecular complexity index is 605. The Labute approximate surface area is 113 Å². The van der Waals surface area contributed by atoms with Gasteiger partial charge in [0.2, 0.25) is 0 Å². The zero-order valence-electron chi connectivity index (χ0n) is 9.29. The van der Waals surface area contributed by atoms with Crippen LogP contribution >= 0.6 is 10.7 Å². The summed E-state index contributed by atoms with van der Waals surface area (Å²) in [5, 5.41) is 0. The molecule has 0 saturated heterocycles. The molecule has 0 fully saturated rings. The van der Waals surface area contributed by atoms with Crippen molar-refractivity contribution in [2.45, 2.75) is 24.2 Å². The molecule has 12 heteroatoms. The normalized spacial score (nSPS) is 12.8. The lowest BCUT2D eigenvalue weighted by Crippen LogP contribution is -2.20. The number of nitrogens with two attached hydrogens (primary N) is 1. The number of nitrogens with zero attached hydrogens (tertiary/aromatic N) is 1. The second-order valence-electron chi connectivity index (χ2n) is 3.31. The highest BCUT2D eigenvalue weighted by molar-refractivity contribution is 8.13. The fraction of sp³-hybridized carbons (Fsp3) is 0.375. The number of hydrogen-bond acceptors (Lipinski definition) is 5. The van der Waals surface area contributed by atoms with Gasteiger partial charge in [0.15, 0.2) is 5.75 Å². The fourth-order valence-electron chi connectivity index (χ4n) is 1.24. The molecule has 2 N–H and O–H groups in total. The van der Waals surface area contributed by atoms with E-state index in [4.69, 9.17) is 16.4 Å². The van der Waals surface area contributed by atoms with Crippen molar-refractivity contribution in [2.75, 3.05) is 0 Å². The number of ether oxygens (including phenoxy) is 1. The van der Waals surface area contributed by atoms with E-state index in [0.717, 1.165) is 0 Å². The van der Waals surface area contributed by atoms with Crippen LogP contribution in [0.25, 0.3) is 0 Å². The molecule has 0 spiro atoms. The van der Waals surface area contributed by atoms with Crippen molar-refractivity contribution in [3.63, 3.8) is 0 Å². The van der Waals surface area contributed by atoms with Gasteiger partial charge in [-0.2, -0.15) is 0 Å². The van der Waals surface area contributed by atoms with E-state index in [-0.39, 0.29) is 6.07 Å². The minimum atomic E-state index is -5.18. The average Bonchev–Trinajstić information content (AvgIpc) is 2.24. The summed E-state index contributed by atoms with van der Waals surface area (Å²) in [5.74, 6) is -1.11. The van der Waals surface area contributed by atoms with Gasteiger partial charge in [-0.25, -0.2) is 22.2 Å². The van der Waals surface area contributed by atoms with Gasteiger partial charge in [0, 0.05) is 23.3 Å². The van der Waals surface area contributed by atoms with Crippen LogP contribution in [0.15, 0.2) is 11.0 Å². The second kappa shape index (κ2) is 5.66. The quantitative estimate of drug-likeness (QED) is 0.672. The van der Waals surface area contributed by atoms with Gasteiger partial charge >= 0.3 is 6.36 Å². The van der Waals surface area contributed by atoms with Crippen LogP contribution in [0.2, 0.25) is 0 Å². The molecule has 1 aromatic heterocycles. The standard InChI is InChI=1S/C8H6ClF5N2O3S/c9-20(17,18)5-1-4(19-8(12,13)14)3(2-15)16-6(5)7(10)11/h1,7H,2,15H2. The Hall–Kier alpha value is -1.20. The van der Waals surface area contributed by atoms with E-state index in [9.17, 15) is 30.4 Å².